The van der Waals surface area contributed by atoms with Crippen LogP contribution in [0, 0.1) is 17.0 Å². The maximum absolute atomic E-state index is 12.1. The number of halogens is 1. The average molecular weight is 332 g/mol. The van der Waals surface area contributed by atoms with E-state index in [1.54, 1.807) is 13.0 Å². The second-order valence-corrected chi connectivity index (χ2v) is 6.30. The molecule has 0 aliphatic rings. The lowest BCUT2D eigenvalue weighted by molar-refractivity contribution is -0.384. The number of nitro groups is 1. The standard InChI is InChI=1S/C11H10ClN3O5S/c1-7-4-8(20-14-7)6-13-21(18,19)9-2-3-10(12)11(5-9)15(16)17/h2-5,13H,6H2,1H3. The largest absolute Gasteiger partial charge is 0.360 e. The predicted octanol–water partition coefficient (Wildman–Crippen LogP) is 2.02. The minimum absolute atomic E-state index is 0.112. The number of nitrogens with zero attached hydrogens (tertiary/aromatic N) is 2. The van der Waals surface area contributed by atoms with Gasteiger partial charge in [-0.1, -0.05) is 16.8 Å². The van der Waals surface area contributed by atoms with Gasteiger partial charge in [-0.05, 0) is 19.1 Å². The first-order valence-corrected chi connectivity index (χ1v) is 7.51. The van der Waals surface area contributed by atoms with Crippen molar-refractivity contribution < 1.29 is 17.9 Å². The average Bonchev–Trinajstić information content (AvgIpc) is 2.82. The second kappa shape index (κ2) is 5.80. The van der Waals surface area contributed by atoms with Gasteiger partial charge in [-0.2, -0.15) is 0 Å². The van der Waals surface area contributed by atoms with Crippen molar-refractivity contribution in [2.45, 2.75) is 18.4 Å². The van der Waals surface area contributed by atoms with Crippen molar-refractivity contribution in [1.29, 1.82) is 0 Å². The fourth-order valence-corrected chi connectivity index (χ4v) is 2.75. The zero-order valence-electron chi connectivity index (χ0n) is 10.7. The van der Waals surface area contributed by atoms with Crippen LogP contribution in [0.3, 0.4) is 0 Å². The number of benzene rings is 1. The third-order valence-electron chi connectivity index (χ3n) is 2.54. The quantitative estimate of drug-likeness (QED) is 0.662. The van der Waals surface area contributed by atoms with Gasteiger partial charge in [0.1, 0.15) is 5.02 Å². The van der Waals surface area contributed by atoms with Crippen molar-refractivity contribution in [3.05, 3.63) is 50.9 Å². The van der Waals surface area contributed by atoms with E-state index in [2.05, 4.69) is 9.88 Å². The molecule has 0 amide bonds. The lowest BCUT2D eigenvalue weighted by atomic mass is 10.3. The van der Waals surface area contributed by atoms with E-state index < -0.39 is 20.6 Å². The van der Waals surface area contributed by atoms with Gasteiger partial charge in [0.05, 0.1) is 22.1 Å². The number of hydrogen-bond donors (Lipinski definition) is 1. The van der Waals surface area contributed by atoms with E-state index in [0.717, 1.165) is 12.1 Å². The number of rotatable bonds is 5. The van der Waals surface area contributed by atoms with Crippen molar-refractivity contribution in [2.75, 3.05) is 0 Å². The molecular weight excluding hydrogens is 322 g/mol. The van der Waals surface area contributed by atoms with Gasteiger partial charge in [-0.15, -0.1) is 0 Å². The lowest BCUT2D eigenvalue weighted by Crippen LogP contribution is -2.23. The Hall–Kier alpha value is -1.97. The minimum Gasteiger partial charge on any atom is -0.360 e. The Morgan fingerprint density at radius 1 is 1.43 bits per heavy atom. The van der Waals surface area contributed by atoms with E-state index in [4.69, 9.17) is 16.1 Å². The summed E-state index contributed by atoms with van der Waals surface area (Å²) in [6.07, 6.45) is 0. The van der Waals surface area contributed by atoms with E-state index in [1.165, 1.54) is 6.07 Å². The summed E-state index contributed by atoms with van der Waals surface area (Å²) in [5.74, 6) is 0.333. The molecular formula is C11H10ClN3O5S. The molecule has 1 aromatic carbocycles. The Labute approximate surface area is 124 Å². The van der Waals surface area contributed by atoms with Crippen LogP contribution in [0.15, 0.2) is 33.7 Å². The van der Waals surface area contributed by atoms with Crippen LogP contribution in [0.5, 0.6) is 0 Å². The van der Waals surface area contributed by atoms with Crippen LogP contribution >= 0.6 is 11.6 Å². The van der Waals surface area contributed by atoms with E-state index in [-0.39, 0.29) is 16.5 Å². The molecule has 1 N–H and O–H groups in total. The second-order valence-electron chi connectivity index (χ2n) is 4.13. The van der Waals surface area contributed by atoms with E-state index >= 15 is 0 Å². The van der Waals surface area contributed by atoms with E-state index in [0.29, 0.717) is 11.5 Å². The van der Waals surface area contributed by atoms with Gasteiger partial charge in [-0.3, -0.25) is 10.1 Å². The molecule has 0 radical (unpaired) electrons. The van der Waals surface area contributed by atoms with Crippen LogP contribution in [0.1, 0.15) is 11.5 Å². The number of aryl methyl sites for hydroxylation is 1. The molecule has 1 aromatic heterocycles. The predicted molar refractivity (Wildman–Crippen MR) is 73.4 cm³/mol. The summed E-state index contributed by atoms with van der Waals surface area (Å²) < 4.78 is 31.3. The van der Waals surface area contributed by atoms with Crippen LogP contribution < -0.4 is 4.72 Å². The zero-order valence-corrected chi connectivity index (χ0v) is 12.3. The van der Waals surface area contributed by atoms with Crippen molar-refractivity contribution >= 4 is 27.3 Å². The summed E-state index contributed by atoms with van der Waals surface area (Å²) in [7, 11) is -3.92. The van der Waals surface area contributed by atoms with Crippen molar-refractivity contribution in [3.63, 3.8) is 0 Å². The first-order chi connectivity index (χ1) is 9.79. The zero-order chi connectivity index (χ0) is 15.6. The summed E-state index contributed by atoms with van der Waals surface area (Å²) in [6, 6.07) is 4.82. The third kappa shape index (κ3) is 3.57. The monoisotopic (exact) mass is 331 g/mol. The molecule has 112 valence electrons. The molecule has 10 heteroatoms. The molecule has 0 aliphatic heterocycles. The number of nitrogens with one attached hydrogen (secondary N) is 1. The third-order valence-corrected chi connectivity index (χ3v) is 4.26. The van der Waals surface area contributed by atoms with Crippen LogP contribution in [0.4, 0.5) is 5.69 Å². The molecule has 0 saturated carbocycles. The highest BCUT2D eigenvalue weighted by Crippen LogP contribution is 2.27. The van der Waals surface area contributed by atoms with Crippen LogP contribution in [-0.2, 0) is 16.6 Å². The van der Waals surface area contributed by atoms with E-state index in [9.17, 15) is 18.5 Å². The molecule has 0 saturated heterocycles. The molecule has 0 bridgehead atoms. The van der Waals surface area contributed by atoms with Crippen LogP contribution in [0.2, 0.25) is 5.02 Å². The fourth-order valence-electron chi connectivity index (χ4n) is 1.55. The molecule has 0 atom stereocenters. The molecule has 21 heavy (non-hydrogen) atoms. The van der Waals surface area contributed by atoms with Gasteiger partial charge in [0.15, 0.2) is 5.76 Å². The van der Waals surface area contributed by atoms with E-state index in [1.807, 2.05) is 0 Å². The molecule has 0 unspecified atom stereocenters. The van der Waals surface area contributed by atoms with Crippen LogP contribution in [-0.4, -0.2) is 18.5 Å². The Morgan fingerprint density at radius 2 is 2.14 bits per heavy atom. The molecule has 0 spiro atoms. The highest BCUT2D eigenvalue weighted by atomic mass is 35.5. The normalized spacial score (nSPS) is 11.5. The van der Waals surface area contributed by atoms with Gasteiger partial charge < -0.3 is 4.52 Å². The first kappa shape index (κ1) is 15.4. The minimum atomic E-state index is -3.92. The Morgan fingerprint density at radius 3 is 2.71 bits per heavy atom. The highest BCUT2D eigenvalue weighted by Gasteiger charge is 2.20. The van der Waals surface area contributed by atoms with Gasteiger partial charge in [-0.25, -0.2) is 13.1 Å². The van der Waals surface area contributed by atoms with Gasteiger partial charge in [0.2, 0.25) is 10.0 Å². The Kier molecular flexibility index (Phi) is 4.26. The van der Waals surface area contributed by atoms with Crippen molar-refractivity contribution in [1.82, 2.24) is 9.88 Å². The molecule has 2 rings (SSSR count). The topological polar surface area (TPSA) is 115 Å². The Balaban J connectivity index is 2.23. The first-order valence-electron chi connectivity index (χ1n) is 5.65. The number of hydrogen-bond acceptors (Lipinski definition) is 6. The van der Waals surface area contributed by atoms with Crippen molar-refractivity contribution in [2.24, 2.45) is 0 Å². The SMILES string of the molecule is Cc1cc(CNS(=O)(=O)c2ccc(Cl)c([N+](=O)[O-])c2)on1. The number of sulfonamides is 1. The van der Waals surface area contributed by atoms with Gasteiger partial charge in [0, 0.05) is 12.1 Å². The van der Waals surface area contributed by atoms with Gasteiger partial charge in [0.25, 0.3) is 5.69 Å². The summed E-state index contributed by atoms with van der Waals surface area (Å²) in [5, 5.41) is 14.3. The summed E-state index contributed by atoms with van der Waals surface area (Å²) in [5.41, 5.74) is 0.140. The summed E-state index contributed by atoms with van der Waals surface area (Å²) >= 11 is 5.64. The smallest absolute Gasteiger partial charge is 0.289 e. The number of nitro benzene ring substituents is 1. The maximum Gasteiger partial charge on any atom is 0.289 e. The molecule has 1 heterocycles. The van der Waals surface area contributed by atoms with Gasteiger partial charge >= 0.3 is 0 Å². The highest BCUT2D eigenvalue weighted by molar-refractivity contribution is 7.89. The van der Waals surface area contributed by atoms with Crippen LogP contribution in [0.25, 0.3) is 0 Å². The maximum atomic E-state index is 12.1. The molecule has 0 aliphatic carbocycles. The number of aromatic nitrogens is 1. The van der Waals surface area contributed by atoms with Crippen molar-refractivity contribution in [3.8, 4) is 0 Å². The fraction of sp³-hybridized carbons (Fsp3) is 0.182. The lowest BCUT2D eigenvalue weighted by Gasteiger charge is -2.05. The summed E-state index contributed by atoms with van der Waals surface area (Å²) in [4.78, 5) is 9.76. The molecule has 2 aromatic rings. The Bertz CT molecular complexity index is 787. The molecule has 8 nitrogen and oxygen atoms in total. The molecule has 0 fully saturated rings. The summed E-state index contributed by atoms with van der Waals surface area (Å²) in [6.45, 7) is 1.59.